The van der Waals surface area contributed by atoms with Crippen molar-refractivity contribution in [1.29, 1.82) is 0 Å². The molecule has 0 unspecified atom stereocenters. The zero-order valence-electron chi connectivity index (χ0n) is 18.0. The van der Waals surface area contributed by atoms with Crippen LogP contribution in [0.5, 0.6) is 0 Å². The fraction of sp³-hybridized carbons (Fsp3) is 0.556. The number of thioether (sulfide) groups is 1. The van der Waals surface area contributed by atoms with Gasteiger partial charge in [-0.1, -0.05) is 11.8 Å². The lowest BCUT2D eigenvalue weighted by Crippen LogP contribution is -2.22. The van der Waals surface area contributed by atoms with E-state index in [1.807, 2.05) is 6.26 Å². The lowest BCUT2D eigenvalue weighted by atomic mass is 10.3. The fourth-order valence-electron chi connectivity index (χ4n) is 3.33. The van der Waals surface area contributed by atoms with Crippen LogP contribution in [0.25, 0.3) is 0 Å². The van der Waals surface area contributed by atoms with E-state index in [-0.39, 0.29) is 10.9 Å². The molecule has 0 spiro atoms. The van der Waals surface area contributed by atoms with Crippen molar-refractivity contribution >= 4 is 41.3 Å². The summed E-state index contributed by atoms with van der Waals surface area (Å²) in [5.41, 5.74) is 0.916. The highest BCUT2D eigenvalue weighted by molar-refractivity contribution is 7.98. The van der Waals surface area contributed by atoms with Crippen LogP contribution < -0.4 is 0 Å². The smallest absolute Gasteiger partial charge is 0.231 e. The lowest BCUT2D eigenvalue weighted by molar-refractivity contribution is 0.577. The van der Waals surface area contributed by atoms with Crippen molar-refractivity contribution in [3.8, 4) is 0 Å². The molecule has 2 heterocycles. The van der Waals surface area contributed by atoms with Crippen molar-refractivity contribution in [2.24, 2.45) is 0 Å². The molecule has 4 rings (SSSR count). The Labute approximate surface area is 192 Å². The topological polar surface area (TPSA) is 154 Å². The number of aromatic nitrogens is 4. The van der Waals surface area contributed by atoms with Gasteiger partial charge in [-0.2, -0.15) is 0 Å². The predicted molar refractivity (Wildman–Crippen MR) is 120 cm³/mol. The van der Waals surface area contributed by atoms with Gasteiger partial charge in [0.15, 0.2) is 24.8 Å². The molecule has 0 N–H and O–H groups in total. The number of hydrogen-bond acceptors (Lipinski definition) is 11. The van der Waals surface area contributed by atoms with Crippen molar-refractivity contribution in [2.45, 2.75) is 45.5 Å². The molecular weight excluding hydrogens is 496 g/mol. The van der Waals surface area contributed by atoms with E-state index in [0.29, 0.717) is 36.5 Å². The molecule has 0 bridgehead atoms. The Morgan fingerprint density at radius 3 is 1.56 bits per heavy atom. The molecule has 2 aromatic heterocycles. The second-order valence-electron chi connectivity index (χ2n) is 7.96. The number of nitrogens with zero attached hydrogens (tertiary/aromatic N) is 4. The third-order valence-corrected chi connectivity index (χ3v) is 11.0. The Kier molecular flexibility index (Phi) is 6.48. The van der Waals surface area contributed by atoms with Gasteiger partial charge < -0.3 is 0 Å². The van der Waals surface area contributed by atoms with Gasteiger partial charge in [-0.15, -0.1) is 0 Å². The molecule has 2 aliphatic carbocycles. The van der Waals surface area contributed by atoms with Crippen LogP contribution in [0.2, 0.25) is 0 Å². The van der Waals surface area contributed by atoms with E-state index in [1.165, 1.54) is 30.3 Å². The first-order chi connectivity index (χ1) is 14.7. The number of sulfone groups is 3. The summed E-state index contributed by atoms with van der Waals surface area (Å²) in [7, 11) is -9.88. The molecular formula is C18H24N4O6S4. The first-order valence-electron chi connectivity index (χ1n) is 9.47. The molecule has 176 valence electrons. The maximum atomic E-state index is 11.7. The Morgan fingerprint density at radius 1 is 0.750 bits per heavy atom. The molecule has 0 atom stereocenters. The monoisotopic (exact) mass is 520 g/mol. The Morgan fingerprint density at radius 2 is 1.19 bits per heavy atom. The van der Waals surface area contributed by atoms with Crippen LogP contribution in [0.4, 0.5) is 0 Å². The maximum Gasteiger partial charge on any atom is 0.247 e. The average molecular weight is 521 g/mol. The van der Waals surface area contributed by atoms with Crippen LogP contribution in [0.1, 0.15) is 37.1 Å². The van der Waals surface area contributed by atoms with Crippen LogP contribution in [0.3, 0.4) is 0 Å². The first kappa shape index (κ1) is 25.0. The Hall–Kier alpha value is -1.64. The first-order valence-corrected chi connectivity index (χ1v) is 16.4. The van der Waals surface area contributed by atoms with E-state index in [0.717, 1.165) is 12.5 Å². The summed E-state index contributed by atoms with van der Waals surface area (Å²) in [6.07, 6.45) is 10.5. The molecule has 0 amide bonds. The van der Waals surface area contributed by atoms with Crippen LogP contribution >= 0.6 is 11.8 Å². The minimum absolute atomic E-state index is 0.274. The minimum atomic E-state index is -3.52. The largest absolute Gasteiger partial charge is 0.247 e. The van der Waals surface area contributed by atoms with Crippen LogP contribution in [-0.2, 0) is 39.0 Å². The van der Waals surface area contributed by atoms with Crippen LogP contribution in [0.15, 0.2) is 34.8 Å². The van der Waals surface area contributed by atoms with Gasteiger partial charge in [-0.25, -0.2) is 45.2 Å². The van der Waals surface area contributed by atoms with E-state index >= 15 is 0 Å². The zero-order valence-corrected chi connectivity index (χ0v) is 21.3. The molecule has 32 heavy (non-hydrogen) atoms. The second kappa shape index (κ2) is 8.29. The highest BCUT2D eigenvalue weighted by Crippen LogP contribution is 2.52. The van der Waals surface area contributed by atoms with Gasteiger partial charge in [-0.3, -0.25) is 0 Å². The summed E-state index contributed by atoms with van der Waals surface area (Å²) in [5.74, 6) is 0. The number of hydrogen-bond donors (Lipinski definition) is 0. The Balaban J connectivity index is 0.000000182. The third kappa shape index (κ3) is 4.82. The Bertz CT molecular complexity index is 1350. The predicted octanol–water partition coefficient (Wildman–Crippen LogP) is 1.15. The summed E-state index contributed by atoms with van der Waals surface area (Å²) in [4.78, 5) is 15.8. The quantitative estimate of drug-likeness (QED) is 0.398. The second-order valence-corrected chi connectivity index (χ2v) is 15.3. The normalized spacial score (nSPS) is 18.9. The van der Waals surface area contributed by atoms with Gasteiger partial charge in [0, 0.05) is 31.2 Å². The van der Waals surface area contributed by atoms with Gasteiger partial charge in [0.05, 0.1) is 11.4 Å². The molecule has 0 saturated heterocycles. The highest BCUT2D eigenvalue weighted by atomic mass is 32.2. The third-order valence-electron chi connectivity index (χ3n) is 5.54. The van der Waals surface area contributed by atoms with Crippen LogP contribution in [0, 0.1) is 0 Å². The minimum Gasteiger partial charge on any atom is -0.231 e. The maximum absolute atomic E-state index is 11.7. The van der Waals surface area contributed by atoms with Gasteiger partial charge >= 0.3 is 0 Å². The molecule has 2 aromatic rings. The highest BCUT2D eigenvalue weighted by Gasteiger charge is 2.55. The van der Waals surface area contributed by atoms with Crippen molar-refractivity contribution in [3.05, 3.63) is 35.9 Å². The van der Waals surface area contributed by atoms with Crippen molar-refractivity contribution in [2.75, 3.05) is 25.0 Å². The summed E-state index contributed by atoms with van der Waals surface area (Å²) in [6, 6.07) is 3.16. The summed E-state index contributed by atoms with van der Waals surface area (Å²) < 4.78 is 67.5. The lowest BCUT2D eigenvalue weighted by Gasteiger charge is -2.12. The summed E-state index contributed by atoms with van der Waals surface area (Å²) in [6.45, 7) is 0. The van der Waals surface area contributed by atoms with E-state index in [1.54, 1.807) is 12.3 Å². The number of rotatable bonds is 6. The van der Waals surface area contributed by atoms with E-state index < -0.39 is 39.0 Å². The molecule has 0 aliphatic heterocycles. The SMILES string of the molecule is CS(=O)(=O)c1nccc(C2(S(C)(=O)=O)CC2)n1.CSc1nccc(C2(S(C)(=O)=O)CC2)n1. The van der Waals surface area contributed by atoms with Crippen molar-refractivity contribution in [3.63, 3.8) is 0 Å². The molecule has 14 heteroatoms. The molecule has 10 nitrogen and oxygen atoms in total. The zero-order chi connectivity index (χ0) is 24.0. The van der Waals surface area contributed by atoms with Gasteiger partial charge in [-0.05, 0) is 44.1 Å². The summed E-state index contributed by atoms with van der Waals surface area (Å²) >= 11 is 1.42. The van der Waals surface area contributed by atoms with Crippen LogP contribution in [-0.4, -0.2) is 70.2 Å². The van der Waals surface area contributed by atoms with E-state index in [9.17, 15) is 25.3 Å². The molecule has 0 radical (unpaired) electrons. The van der Waals surface area contributed by atoms with E-state index in [2.05, 4.69) is 19.9 Å². The molecule has 2 aliphatic rings. The van der Waals surface area contributed by atoms with Gasteiger partial charge in [0.25, 0.3) is 0 Å². The average Bonchev–Trinajstić information content (AvgIpc) is 3.60. The summed E-state index contributed by atoms with van der Waals surface area (Å²) in [5, 5.41) is 0.298. The van der Waals surface area contributed by atoms with Gasteiger partial charge in [0.2, 0.25) is 15.0 Å². The van der Waals surface area contributed by atoms with Crippen molar-refractivity contribution < 1.29 is 25.3 Å². The molecule has 2 fully saturated rings. The van der Waals surface area contributed by atoms with E-state index in [4.69, 9.17) is 0 Å². The molecule has 2 saturated carbocycles. The fourth-order valence-corrected chi connectivity index (χ4v) is 6.87. The van der Waals surface area contributed by atoms with Crippen molar-refractivity contribution in [1.82, 2.24) is 19.9 Å². The molecule has 0 aromatic carbocycles. The standard InChI is InChI=1S/C9H12N2O4S2.C9H12N2O2S2/c1-16(12,13)8-10-6-3-7(11-8)9(4-5-9)17(2,14)15;1-14-8-10-6-3-7(11-8)9(4-5-9)15(2,12)13/h3,6H,4-5H2,1-2H3;3,6H,4-5H2,1-2H3. The van der Waals surface area contributed by atoms with Gasteiger partial charge in [0.1, 0.15) is 9.49 Å².